The lowest BCUT2D eigenvalue weighted by Crippen LogP contribution is -2.16. The van der Waals surface area contributed by atoms with Gasteiger partial charge in [0.05, 0.1) is 12.4 Å². The Morgan fingerprint density at radius 2 is 2.21 bits per heavy atom. The van der Waals surface area contributed by atoms with Crippen molar-refractivity contribution in [2.75, 3.05) is 5.32 Å². The van der Waals surface area contributed by atoms with Gasteiger partial charge in [0.1, 0.15) is 11.0 Å². The van der Waals surface area contributed by atoms with Gasteiger partial charge in [-0.2, -0.15) is 0 Å². The molecule has 1 aromatic heterocycles. The van der Waals surface area contributed by atoms with E-state index >= 15 is 0 Å². The van der Waals surface area contributed by atoms with Gasteiger partial charge in [-0.15, -0.1) is 0 Å². The molecule has 3 nitrogen and oxygen atoms in total. The van der Waals surface area contributed by atoms with Crippen LogP contribution < -0.4 is 5.32 Å². The number of halogens is 1. The largest absolute Gasteiger partial charge is 0.366 e. The van der Waals surface area contributed by atoms with Crippen molar-refractivity contribution in [1.29, 1.82) is 0 Å². The molecule has 2 atom stereocenters. The minimum Gasteiger partial charge on any atom is -0.366 e. The van der Waals surface area contributed by atoms with Crippen LogP contribution in [0.3, 0.4) is 0 Å². The number of nitrogens with one attached hydrogen (secondary N) is 1. The Balaban J connectivity index is 1.94. The molecule has 0 spiro atoms. The van der Waals surface area contributed by atoms with Crippen molar-refractivity contribution in [2.24, 2.45) is 5.92 Å². The third-order valence-corrected chi connectivity index (χ3v) is 2.86. The minimum absolute atomic E-state index is 0.440. The maximum Gasteiger partial charge on any atom is 0.147 e. The van der Waals surface area contributed by atoms with E-state index in [0.717, 1.165) is 11.7 Å². The Kier molecular flexibility index (Phi) is 2.87. The highest BCUT2D eigenvalue weighted by Gasteiger charge is 2.21. The third kappa shape index (κ3) is 2.35. The summed E-state index contributed by atoms with van der Waals surface area (Å²) >= 11 is 5.65. The van der Waals surface area contributed by atoms with E-state index in [-0.39, 0.29) is 0 Å². The average molecular weight is 212 g/mol. The molecule has 1 aromatic rings. The zero-order valence-electron chi connectivity index (χ0n) is 8.20. The Bertz CT molecular complexity index is 299. The third-order valence-electron chi connectivity index (χ3n) is 2.67. The monoisotopic (exact) mass is 211 g/mol. The normalized spacial score (nSPS) is 26.4. The Morgan fingerprint density at radius 1 is 1.36 bits per heavy atom. The fourth-order valence-corrected chi connectivity index (χ4v) is 2.03. The van der Waals surface area contributed by atoms with Crippen molar-refractivity contribution < 1.29 is 0 Å². The molecule has 0 amide bonds. The van der Waals surface area contributed by atoms with Gasteiger partial charge in [0.25, 0.3) is 0 Å². The fraction of sp³-hybridized carbons (Fsp3) is 0.600. The van der Waals surface area contributed by atoms with E-state index in [2.05, 4.69) is 22.2 Å². The van der Waals surface area contributed by atoms with Crippen LogP contribution in [0, 0.1) is 5.92 Å². The van der Waals surface area contributed by atoms with Crippen molar-refractivity contribution in [2.45, 2.75) is 32.2 Å². The van der Waals surface area contributed by atoms with Crippen molar-refractivity contribution in [3.8, 4) is 0 Å². The summed E-state index contributed by atoms with van der Waals surface area (Å²) in [6.45, 7) is 2.29. The highest BCUT2D eigenvalue weighted by atomic mass is 35.5. The van der Waals surface area contributed by atoms with Gasteiger partial charge in [-0.3, -0.25) is 0 Å². The molecule has 76 valence electrons. The molecule has 0 radical (unpaired) electrons. The average Bonchev–Trinajstić information content (AvgIpc) is 2.56. The van der Waals surface area contributed by atoms with Gasteiger partial charge in [-0.1, -0.05) is 18.5 Å². The summed E-state index contributed by atoms with van der Waals surface area (Å²) < 4.78 is 0. The molecule has 0 saturated heterocycles. The van der Waals surface area contributed by atoms with Crippen LogP contribution in [-0.4, -0.2) is 16.0 Å². The first-order valence-electron chi connectivity index (χ1n) is 4.98. The zero-order chi connectivity index (χ0) is 9.97. The van der Waals surface area contributed by atoms with Crippen LogP contribution >= 0.6 is 11.6 Å². The fourth-order valence-electron chi connectivity index (χ4n) is 1.93. The van der Waals surface area contributed by atoms with Crippen molar-refractivity contribution in [1.82, 2.24) is 9.97 Å². The number of anilines is 1. The van der Waals surface area contributed by atoms with Gasteiger partial charge >= 0.3 is 0 Å². The smallest absolute Gasteiger partial charge is 0.147 e. The predicted molar refractivity (Wildman–Crippen MR) is 57.5 cm³/mol. The van der Waals surface area contributed by atoms with Crippen LogP contribution in [0.5, 0.6) is 0 Å². The summed E-state index contributed by atoms with van der Waals surface area (Å²) in [7, 11) is 0. The Hall–Kier alpha value is -0.830. The topological polar surface area (TPSA) is 37.8 Å². The van der Waals surface area contributed by atoms with E-state index in [1.54, 1.807) is 12.4 Å². The summed E-state index contributed by atoms with van der Waals surface area (Å²) in [5.74, 6) is 1.65. The summed E-state index contributed by atoms with van der Waals surface area (Å²) in [4.78, 5) is 8.14. The molecule has 14 heavy (non-hydrogen) atoms. The highest BCUT2D eigenvalue weighted by Crippen LogP contribution is 2.26. The van der Waals surface area contributed by atoms with Crippen molar-refractivity contribution in [3.05, 3.63) is 17.5 Å². The number of aromatic nitrogens is 2. The summed E-state index contributed by atoms with van der Waals surface area (Å²) in [5.41, 5.74) is 0. The molecule has 2 unspecified atom stereocenters. The Labute approximate surface area is 88.9 Å². The Morgan fingerprint density at radius 3 is 2.79 bits per heavy atom. The molecule has 4 heteroatoms. The molecule has 1 aliphatic carbocycles. The lowest BCUT2D eigenvalue weighted by atomic mass is 10.1. The molecule has 0 aromatic carbocycles. The highest BCUT2D eigenvalue weighted by molar-refractivity contribution is 6.29. The molecular weight excluding hydrogens is 198 g/mol. The second-order valence-corrected chi connectivity index (χ2v) is 4.37. The second-order valence-electron chi connectivity index (χ2n) is 3.98. The standard InChI is InChI=1S/C10H14ClN3/c1-7-2-3-8(4-7)14-10-6-12-9(11)5-13-10/h5-8H,2-4H2,1H3,(H,13,14). The van der Waals surface area contributed by atoms with Crippen LogP contribution in [0.15, 0.2) is 12.4 Å². The van der Waals surface area contributed by atoms with Crippen LogP contribution in [0.4, 0.5) is 5.82 Å². The predicted octanol–water partition coefficient (Wildman–Crippen LogP) is 2.73. The molecule has 0 aliphatic heterocycles. The molecule has 1 fully saturated rings. The molecule has 1 aliphatic rings. The molecule has 0 bridgehead atoms. The summed E-state index contributed by atoms with van der Waals surface area (Å²) in [6.07, 6.45) is 7.02. The second kappa shape index (κ2) is 4.13. The first-order valence-corrected chi connectivity index (χ1v) is 5.36. The van der Waals surface area contributed by atoms with Gasteiger partial charge < -0.3 is 5.32 Å². The molecule has 1 saturated carbocycles. The molecule has 2 rings (SSSR count). The van der Waals surface area contributed by atoms with Crippen LogP contribution in [0.1, 0.15) is 26.2 Å². The van der Waals surface area contributed by atoms with Crippen molar-refractivity contribution in [3.63, 3.8) is 0 Å². The first-order chi connectivity index (χ1) is 6.74. The number of hydrogen-bond donors (Lipinski definition) is 1. The molecule has 1 heterocycles. The van der Waals surface area contributed by atoms with Gasteiger partial charge in [0, 0.05) is 6.04 Å². The van der Waals surface area contributed by atoms with Gasteiger partial charge in [0.2, 0.25) is 0 Å². The number of nitrogens with zero attached hydrogens (tertiary/aromatic N) is 2. The lowest BCUT2D eigenvalue weighted by molar-refractivity contribution is 0.602. The zero-order valence-corrected chi connectivity index (χ0v) is 8.96. The molecular formula is C10H14ClN3. The quantitative estimate of drug-likeness (QED) is 0.818. The van der Waals surface area contributed by atoms with Gasteiger partial charge in [-0.05, 0) is 25.2 Å². The van der Waals surface area contributed by atoms with E-state index in [4.69, 9.17) is 11.6 Å². The van der Waals surface area contributed by atoms with E-state index in [1.807, 2.05) is 0 Å². The maximum atomic E-state index is 5.65. The lowest BCUT2D eigenvalue weighted by Gasteiger charge is -2.12. The summed E-state index contributed by atoms with van der Waals surface area (Å²) in [5, 5.41) is 3.81. The van der Waals surface area contributed by atoms with E-state index in [1.165, 1.54) is 19.3 Å². The van der Waals surface area contributed by atoms with Crippen LogP contribution in [0.25, 0.3) is 0 Å². The molecule has 1 N–H and O–H groups in total. The number of hydrogen-bond acceptors (Lipinski definition) is 3. The van der Waals surface area contributed by atoms with Gasteiger partial charge in [0.15, 0.2) is 0 Å². The SMILES string of the molecule is CC1CCC(Nc2cnc(Cl)cn2)C1. The first kappa shape index (κ1) is 9.71. The van der Waals surface area contributed by atoms with Crippen LogP contribution in [-0.2, 0) is 0 Å². The van der Waals surface area contributed by atoms with Crippen molar-refractivity contribution >= 4 is 17.4 Å². The summed E-state index contributed by atoms with van der Waals surface area (Å²) in [6, 6.07) is 0.556. The maximum absolute atomic E-state index is 5.65. The van der Waals surface area contributed by atoms with E-state index in [0.29, 0.717) is 11.2 Å². The minimum atomic E-state index is 0.440. The van der Waals surface area contributed by atoms with Crippen LogP contribution in [0.2, 0.25) is 5.15 Å². The van der Waals surface area contributed by atoms with E-state index in [9.17, 15) is 0 Å². The number of rotatable bonds is 2. The van der Waals surface area contributed by atoms with Gasteiger partial charge in [-0.25, -0.2) is 9.97 Å². The van der Waals surface area contributed by atoms with E-state index < -0.39 is 0 Å².